The van der Waals surface area contributed by atoms with Gasteiger partial charge in [0.25, 0.3) is 0 Å². The Bertz CT molecular complexity index is 519. The van der Waals surface area contributed by atoms with Crippen molar-refractivity contribution >= 4 is 11.3 Å². The minimum absolute atomic E-state index is 0.393. The van der Waals surface area contributed by atoms with E-state index in [2.05, 4.69) is 27.5 Å². The van der Waals surface area contributed by atoms with E-state index in [1.54, 1.807) is 11.3 Å². The van der Waals surface area contributed by atoms with Crippen LogP contribution in [0.25, 0.3) is 11.4 Å². The molecule has 0 aliphatic carbocycles. The number of nitrogens with zero attached hydrogens (tertiary/aromatic N) is 3. The van der Waals surface area contributed by atoms with Gasteiger partial charge < -0.3 is 5.32 Å². The largest absolute Gasteiger partial charge is 0.314 e. The highest BCUT2D eigenvalue weighted by atomic mass is 32.1. The lowest BCUT2D eigenvalue weighted by atomic mass is 10.2. The van der Waals surface area contributed by atoms with Crippen LogP contribution in [-0.2, 0) is 0 Å². The predicted molar refractivity (Wildman–Crippen MR) is 78.2 cm³/mol. The number of hydrogen-bond acceptors (Lipinski definition) is 5. The standard InChI is InChI=1S/C14H18N4S/c1-11(18-8-6-15-7-9-18)14-17-13(10-19-14)12-4-2-3-5-16-12/h2-5,10-11,15H,6-9H2,1H3. The molecule has 0 saturated carbocycles. The van der Waals surface area contributed by atoms with Gasteiger partial charge in [0.2, 0.25) is 0 Å². The number of piperazine rings is 1. The van der Waals surface area contributed by atoms with Crippen LogP contribution in [0.2, 0.25) is 0 Å². The second-order valence-electron chi connectivity index (χ2n) is 4.75. The van der Waals surface area contributed by atoms with Gasteiger partial charge in [-0.25, -0.2) is 4.98 Å². The van der Waals surface area contributed by atoms with E-state index in [0.29, 0.717) is 6.04 Å². The summed E-state index contributed by atoms with van der Waals surface area (Å²) in [7, 11) is 0. The van der Waals surface area contributed by atoms with Crippen LogP contribution in [0.15, 0.2) is 29.8 Å². The Balaban J connectivity index is 1.77. The topological polar surface area (TPSA) is 41.1 Å². The molecule has 0 aromatic carbocycles. The first kappa shape index (κ1) is 12.7. The molecule has 3 rings (SSSR count). The van der Waals surface area contributed by atoms with Gasteiger partial charge in [-0.3, -0.25) is 9.88 Å². The van der Waals surface area contributed by atoms with Crippen LogP contribution in [0.1, 0.15) is 18.0 Å². The summed E-state index contributed by atoms with van der Waals surface area (Å²) in [5, 5.41) is 6.67. The average molecular weight is 274 g/mol. The lowest BCUT2D eigenvalue weighted by Gasteiger charge is -2.31. The van der Waals surface area contributed by atoms with E-state index in [9.17, 15) is 0 Å². The number of aromatic nitrogens is 2. The maximum atomic E-state index is 4.75. The van der Waals surface area contributed by atoms with Crippen LogP contribution in [0.4, 0.5) is 0 Å². The Hall–Kier alpha value is -1.30. The molecule has 1 aliphatic heterocycles. The van der Waals surface area contributed by atoms with E-state index in [1.165, 1.54) is 5.01 Å². The van der Waals surface area contributed by atoms with E-state index in [-0.39, 0.29) is 0 Å². The summed E-state index contributed by atoms with van der Waals surface area (Å²) in [6.07, 6.45) is 1.81. The summed E-state index contributed by atoms with van der Waals surface area (Å²) >= 11 is 1.73. The summed E-state index contributed by atoms with van der Waals surface area (Å²) in [6, 6.07) is 6.33. The molecule has 0 radical (unpaired) electrons. The molecule has 19 heavy (non-hydrogen) atoms. The highest BCUT2D eigenvalue weighted by Gasteiger charge is 2.20. The van der Waals surface area contributed by atoms with Gasteiger partial charge in [0.15, 0.2) is 0 Å². The quantitative estimate of drug-likeness (QED) is 0.931. The zero-order valence-corrected chi connectivity index (χ0v) is 11.9. The Labute approximate surface area is 117 Å². The number of hydrogen-bond donors (Lipinski definition) is 1. The van der Waals surface area contributed by atoms with E-state index in [0.717, 1.165) is 37.6 Å². The van der Waals surface area contributed by atoms with Crippen molar-refractivity contribution in [2.24, 2.45) is 0 Å². The molecule has 3 heterocycles. The summed E-state index contributed by atoms with van der Waals surface area (Å²) in [5.41, 5.74) is 1.94. The molecule has 2 aromatic heterocycles. The third-order valence-corrected chi connectivity index (χ3v) is 4.52. The third kappa shape index (κ3) is 2.83. The molecular weight excluding hydrogens is 256 g/mol. The molecule has 1 unspecified atom stereocenters. The summed E-state index contributed by atoms with van der Waals surface area (Å²) in [5.74, 6) is 0. The maximum absolute atomic E-state index is 4.75. The first-order valence-electron chi connectivity index (χ1n) is 6.66. The Morgan fingerprint density at radius 3 is 2.84 bits per heavy atom. The highest BCUT2D eigenvalue weighted by Crippen LogP contribution is 2.27. The van der Waals surface area contributed by atoms with Crippen LogP contribution in [0.3, 0.4) is 0 Å². The van der Waals surface area contributed by atoms with Gasteiger partial charge in [0.1, 0.15) is 5.01 Å². The van der Waals surface area contributed by atoms with E-state index < -0.39 is 0 Å². The van der Waals surface area contributed by atoms with Crippen molar-refractivity contribution in [1.29, 1.82) is 0 Å². The number of nitrogens with one attached hydrogen (secondary N) is 1. The molecule has 1 aliphatic rings. The van der Waals surface area contributed by atoms with Crippen molar-refractivity contribution < 1.29 is 0 Å². The van der Waals surface area contributed by atoms with Gasteiger partial charge in [-0.2, -0.15) is 0 Å². The second kappa shape index (κ2) is 5.77. The van der Waals surface area contributed by atoms with Crippen molar-refractivity contribution in [3.05, 3.63) is 34.8 Å². The van der Waals surface area contributed by atoms with Crippen molar-refractivity contribution in [3.8, 4) is 11.4 Å². The molecule has 4 nitrogen and oxygen atoms in total. The minimum Gasteiger partial charge on any atom is -0.314 e. The van der Waals surface area contributed by atoms with Gasteiger partial charge >= 0.3 is 0 Å². The van der Waals surface area contributed by atoms with Crippen LogP contribution in [-0.4, -0.2) is 41.0 Å². The molecule has 0 spiro atoms. The SMILES string of the molecule is CC(c1nc(-c2ccccn2)cs1)N1CCNCC1. The second-order valence-corrected chi connectivity index (χ2v) is 5.64. The van der Waals surface area contributed by atoms with Gasteiger partial charge in [-0.15, -0.1) is 11.3 Å². The Kier molecular flexibility index (Phi) is 3.87. The molecule has 1 N–H and O–H groups in total. The lowest BCUT2D eigenvalue weighted by molar-refractivity contribution is 0.185. The fraction of sp³-hybridized carbons (Fsp3) is 0.429. The molecule has 2 aromatic rings. The number of pyridine rings is 1. The van der Waals surface area contributed by atoms with Gasteiger partial charge in [-0.1, -0.05) is 6.07 Å². The lowest BCUT2D eigenvalue weighted by Crippen LogP contribution is -2.44. The molecule has 100 valence electrons. The van der Waals surface area contributed by atoms with E-state index >= 15 is 0 Å². The summed E-state index contributed by atoms with van der Waals surface area (Å²) in [4.78, 5) is 11.6. The fourth-order valence-electron chi connectivity index (χ4n) is 2.34. The first-order valence-corrected chi connectivity index (χ1v) is 7.54. The summed E-state index contributed by atoms with van der Waals surface area (Å²) in [6.45, 7) is 6.58. The smallest absolute Gasteiger partial charge is 0.110 e. The van der Waals surface area contributed by atoms with Gasteiger partial charge in [0.05, 0.1) is 17.4 Å². The van der Waals surface area contributed by atoms with Crippen molar-refractivity contribution in [3.63, 3.8) is 0 Å². The van der Waals surface area contributed by atoms with Gasteiger partial charge in [-0.05, 0) is 19.1 Å². The molecule has 1 atom stereocenters. The molecule has 0 bridgehead atoms. The Morgan fingerprint density at radius 2 is 2.11 bits per heavy atom. The van der Waals surface area contributed by atoms with E-state index in [4.69, 9.17) is 4.98 Å². The third-order valence-electron chi connectivity index (χ3n) is 3.51. The van der Waals surface area contributed by atoms with Crippen molar-refractivity contribution in [2.75, 3.05) is 26.2 Å². The first-order chi connectivity index (χ1) is 9.34. The van der Waals surface area contributed by atoms with Crippen LogP contribution in [0.5, 0.6) is 0 Å². The molecular formula is C14H18N4S. The fourth-order valence-corrected chi connectivity index (χ4v) is 3.24. The highest BCUT2D eigenvalue weighted by molar-refractivity contribution is 7.10. The monoisotopic (exact) mass is 274 g/mol. The van der Waals surface area contributed by atoms with Crippen LogP contribution in [0, 0.1) is 0 Å². The minimum atomic E-state index is 0.393. The Morgan fingerprint density at radius 1 is 1.26 bits per heavy atom. The predicted octanol–water partition coefficient (Wildman–Crippen LogP) is 2.17. The average Bonchev–Trinajstić information content (AvgIpc) is 2.98. The van der Waals surface area contributed by atoms with Crippen LogP contribution < -0.4 is 5.32 Å². The summed E-state index contributed by atoms with van der Waals surface area (Å²) < 4.78 is 0. The normalized spacial score (nSPS) is 18.4. The van der Waals surface area contributed by atoms with Gasteiger partial charge in [0, 0.05) is 37.8 Å². The number of thiazole rings is 1. The van der Waals surface area contributed by atoms with Crippen molar-refractivity contribution in [2.45, 2.75) is 13.0 Å². The van der Waals surface area contributed by atoms with Crippen LogP contribution >= 0.6 is 11.3 Å². The molecule has 0 amide bonds. The molecule has 1 fully saturated rings. The zero-order chi connectivity index (χ0) is 13.1. The van der Waals surface area contributed by atoms with Crippen molar-refractivity contribution in [1.82, 2.24) is 20.2 Å². The maximum Gasteiger partial charge on any atom is 0.110 e. The number of rotatable bonds is 3. The molecule has 1 saturated heterocycles. The zero-order valence-electron chi connectivity index (χ0n) is 11.0. The molecule has 5 heteroatoms. The van der Waals surface area contributed by atoms with E-state index in [1.807, 2.05) is 24.4 Å².